The molecule has 0 unspecified atom stereocenters. The van der Waals surface area contributed by atoms with Crippen molar-refractivity contribution in [3.8, 4) is 0 Å². The molecule has 1 N–H and O–H groups in total. The maximum Gasteiger partial charge on any atom is 0.255 e. The summed E-state index contributed by atoms with van der Waals surface area (Å²) in [6.45, 7) is 1.64. The van der Waals surface area contributed by atoms with Crippen LogP contribution in [-0.4, -0.2) is 48.3 Å². The Hall–Kier alpha value is -0.0800. The summed E-state index contributed by atoms with van der Waals surface area (Å²) in [5.41, 5.74) is 0.544. The molecule has 0 radical (unpaired) electrons. The average Bonchev–Trinajstić information content (AvgIpc) is 2.48. The van der Waals surface area contributed by atoms with Gasteiger partial charge in [0, 0.05) is 21.7 Å². The lowest BCUT2D eigenvalue weighted by Crippen LogP contribution is -2.41. The molecule has 0 spiro atoms. The third kappa shape index (κ3) is 4.45. The Labute approximate surface area is 147 Å². The Morgan fingerprint density at radius 2 is 2.05 bits per heavy atom. The highest BCUT2D eigenvalue weighted by Gasteiger charge is 2.25. The van der Waals surface area contributed by atoms with Crippen LogP contribution < -0.4 is 0 Å². The number of carbonyl (C=O) groups excluding carboxylic acids is 1. The van der Waals surface area contributed by atoms with Gasteiger partial charge in [0.2, 0.25) is 0 Å². The zero-order chi connectivity index (χ0) is 15.4. The van der Waals surface area contributed by atoms with Crippen molar-refractivity contribution in [3.05, 3.63) is 31.3 Å². The lowest BCUT2D eigenvalue weighted by atomic mass is 10.1. The number of rotatable bonds is 4. The summed E-state index contributed by atoms with van der Waals surface area (Å²) in [6.07, 6.45) is 1.66. The maximum absolute atomic E-state index is 12.6. The Morgan fingerprint density at radius 1 is 1.38 bits per heavy atom. The van der Waals surface area contributed by atoms with Crippen molar-refractivity contribution in [2.24, 2.45) is 0 Å². The zero-order valence-electron chi connectivity index (χ0n) is 11.3. The molecule has 0 saturated carbocycles. The fourth-order valence-corrected chi connectivity index (χ4v) is 3.36. The number of aliphatic hydroxyl groups excluding tert-OH is 1. The molecule has 21 heavy (non-hydrogen) atoms. The molecular weight excluding hydrogens is 428 g/mol. The van der Waals surface area contributed by atoms with E-state index in [1.54, 1.807) is 17.0 Å². The van der Waals surface area contributed by atoms with Crippen molar-refractivity contribution >= 4 is 51.7 Å². The van der Waals surface area contributed by atoms with Gasteiger partial charge in [-0.05, 0) is 47.6 Å². The minimum Gasteiger partial charge on any atom is -0.394 e. The third-order valence-electron chi connectivity index (χ3n) is 3.40. The number of ether oxygens (including phenoxy) is 1. The summed E-state index contributed by atoms with van der Waals surface area (Å²) >= 11 is 14.1. The van der Waals surface area contributed by atoms with Gasteiger partial charge in [0.15, 0.2) is 0 Å². The number of likely N-dealkylation sites (tertiary alicyclic amines) is 1. The second kappa shape index (κ2) is 7.97. The molecule has 1 aromatic rings. The zero-order valence-corrected chi connectivity index (χ0v) is 15.0. The van der Waals surface area contributed by atoms with E-state index in [2.05, 4.69) is 22.6 Å². The molecule has 1 saturated heterocycles. The van der Waals surface area contributed by atoms with Gasteiger partial charge in [0.25, 0.3) is 5.91 Å². The first-order valence-corrected chi connectivity index (χ1v) is 8.52. The number of aliphatic hydroxyl groups is 1. The van der Waals surface area contributed by atoms with Gasteiger partial charge in [-0.3, -0.25) is 4.79 Å². The van der Waals surface area contributed by atoms with E-state index in [0.29, 0.717) is 35.3 Å². The van der Waals surface area contributed by atoms with Crippen molar-refractivity contribution in [3.63, 3.8) is 0 Å². The van der Waals surface area contributed by atoms with E-state index in [1.165, 1.54) is 0 Å². The van der Waals surface area contributed by atoms with Crippen molar-refractivity contribution in [1.82, 2.24) is 4.90 Å². The summed E-state index contributed by atoms with van der Waals surface area (Å²) in [5.74, 6) is -0.0515. The van der Waals surface area contributed by atoms with Crippen LogP contribution in [0.5, 0.6) is 0 Å². The van der Waals surface area contributed by atoms with Crippen LogP contribution in [0.15, 0.2) is 12.1 Å². The normalized spacial score (nSPS) is 16.3. The lowest BCUT2D eigenvalue weighted by molar-refractivity contribution is -0.00556. The highest BCUT2D eigenvalue weighted by atomic mass is 127. The molecule has 1 fully saturated rings. The summed E-state index contributed by atoms with van der Waals surface area (Å²) in [6, 6.07) is 3.29. The van der Waals surface area contributed by atoms with E-state index in [-0.39, 0.29) is 18.6 Å². The smallest absolute Gasteiger partial charge is 0.255 e. The quantitative estimate of drug-likeness (QED) is 0.574. The number of benzene rings is 1. The van der Waals surface area contributed by atoms with Crippen LogP contribution in [0, 0.1) is 3.57 Å². The third-order valence-corrected chi connectivity index (χ3v) is 5.39. The molecule has 1 heterocycles. The molecule has 1 aliphatic rings. The molecule has 0 atom stereocenters. The second-order valence-electron chi connectivity index (χ2n) is 4.84. The lowest BCUT2D eigenvalue weighted by Gasteiger charge is -2.32. The molecule has 0 aliphatic carbocycles. The Balaban J connectivity index is 2.02. The van der Waals surface area contributed by atoms with Crippen LogP contribution in [0.2, 0.25) is 10.0 Å². The first kappa shape index (κ1) is 17.3. The average molecular weight is 444 g/mol. The van der Waals surface area contributed by atoms with Gasteiger partial charge >= 0.3 is 0 Å². The van der Waals surface area contributed by atoms with E-state index in [1.807, 2.05) is 0 Å². The van der Waals surface area contributed by atoms with Crippen LogP contribution in [0.3, 0.4) is 0 Å². The molecule has 7 heteroatoms. The predicted molar refractivity (Wildman–Crippen MR) is 91.1 cm³/mol. The topological polar surface area (TPSA) is 49.8 Å². The van der Waals surface area contributed by atoms with Crippen LogP contribution in [0.4, 0.5) is 0 Å². The minimum absolute atomic E-state index is 0.0261. The van der Waals surface area contributed by atoms with E-state index in [4.69, 9.17) is 33.0 Å². The van der Waals surface area contributed by atoms with Gasteiger partial charge < -0.3 is 14.7 Å². The summed E-state index contributed by atoms with van der Waals surface area (Å²) in [7, 11) is 0. The number of hydrogen-bond donors (Lipinski definition) is 1. The summed E-state index contributed by atoms with van der Waals surface area (Å²) in [4.78, 5) is 14.4. The van der Waals surface area contributed by atoms with Gasteiger partial charge in [-0.1, -0.05) is 23.2 Å². The Kier molecular flexibility index (Phi) is 6.55. The SMILES string of the molecule is O=C(c1cc(Cl)cc(Cl)c1I)N1CCC(OCCO)CC1. The number of piperidine rings is 1. The second-order valence-corrected chi connectivity index (χ2v) is 6.76. The minimum atomic E-state index is -0.0515. The van der Waals surface area contributed by atoms with Crippen LogP contribution >= 0.6 is 45.8 Å². The highest BCUT2D eigenvalue weighted by Crippen LogP contribution is 2.28. The number of carbonyl (C=O) groups is 1. The van der Waals surface area contributed by atoms with E-state index >= 15 is 0 Å². The van der Waals surface area contributed by atoms with Crippen molar-refractivity contribution in [2.45, 2.75) is 18.9 Å². The fourth-order valence-electron chi connectivity index (χ4n) is 2.33. The Bertz CT molecular complexity index is 519. The van der Waals surface area contributed by atoms with E-state index in [9.17, 15) is 4.79 Å². The van der Waals surface area contributed by atoms with Crippen molar-refractivity contribution < 1.29 is 14.6 Å². The monoisotopic (exact) mass is 443 g/mol. The van der Waals surface area contributed by atoms with Crippen LogP contribution in [-0.2, 0) is 4.74 Å². The summed E-state index contributed by atoms with van der Waals surface area (Å²) in [5, 5.41) is 9.71. The molecule has 1 amide bonds. The molecule has 2 rings (SSSR count). The molecule has 0 bridgehead atoms. The van der Waals surface area contributed by atoms with Gasteiger partial charge in [0.05, 0.1) is 29.9 Å². The predicted octanol–water partition coefficient (Wildman–Crippen LogP) is 3.21. The first-order valence-electron chi connectivity index (χ1n) is 6.69. The molecular formula is C14H16Cl2INO3. The fraction of sp³-hybridized carbons (Fsp3) is 0.500. The molecule has 0 aromatic heterocycles. The molecule has 1 aromatic carbocycles. The van der Waals surface area contributed by atoms with Gasteiger partial charge in [-0.15, -0.1) is 0 Å². The number of halogens is 3. The van der Waals surface area contributed by atoms with Crippen molar-refractivity contribution in [1.29, 1.82) is 0 Å². The number of nitrogens with zero attached hydrogens (tertiary/aromatic N) is 1. The molecule has 1 aliphatic heterocycles. The number of hydrogen-bond acceptors (Lipinski definition) is 3. The van der Waals surface area contributed by atoms with Gasteiger partial charge in [0.1, 0.15) is 0 Å². The van der Waals surface area contributed by atoms with E-state index in [0.717, 1.165) is 16.4 Å². The largest absolute Gasteiger partial charge is 0.394 e. The Morgan fingerprint density at radius 3 is 2.67 bits per heavy atom. The maximum atomic E-state index is 12.6. The number of amides is 1. The van der Waals surface area contributed by atoms with Gasteiger partial charge in [-0.25, -0.2) is 0 Å². The standard InChI is InChI=1S/C14H16Cl2INO3/c15-9-7-11(13(17)12(16)8-9)14(20)18-3-1-10(2-4-18)21-6-5-19/h7-8,10,19H,1-6H2. The van der Waals surface area contributed by atoms with Crippen LogP contribution in [0.1, 0.15) is 23.2 Å². The highest BCUT2D eigenvalue weighted by molar-refractivity contribution is 14.1. The molecule has 116 valence electrons. The molecule has 4 nitrogen and oxygen atoms in total. The van der Waals surface area contributed by atoms with Gasteiger partial charge in [-0.2, -0.15) is 0 Å². The summed E-state index contributed by atoms with van der Waals surface area (Å²) < 4.78 is 6.22. The van der Waals surface area contributed by atoms with Crippen molar-refractivity contribution in [2.75, 3.05) is 26.3 Å². The first-order chi connectivity index (χ1) is 10.0. The van der Waals surface area contributed by atoms with E-state index < -0.39 is 0 Å². The van der Waals surface area contributed by atoms with Crippen LogP contribution in [0.25, 0.3) is 0 Å².